The van der Waals surface area contributed by atoms with E-state index in [1.165, 1.54) is 0 Å². The molecule has 0 aliphatic carbocycles. The summed E-state index contributed by atoms with van der Waals surface area (Å²) < 4.78 is 87.4. The minimum atomic E-state index is -4.98. The topological polar surface area (TPSA) is 74.2 Å². The number of halogens is 6. The molecule has 4 atom stereocenters. The molecule has 1 saturated heterocycles. The highest BCUT2D eigenvalue weighted by Crippen LogP contribution is 2.38. The van der Waals surface area contributed by atoms with E-state index in [1.54, 1.807) is 54.2 Å². The smallest absolute Gasteiger partial charge is 0.416 e. The summed E-state index contributed by atoms with van der Waals surface area (Å²) in [6.45, 7) is 9.25. The van der Waals surface area contributed by atoms with Gasteiger partial charge in [0.15, 0.2) is 0 Å². The van der Waals surface area contributed by atoms with Crippen LogP contribution in [0.3, 0.4) is 0 Å². The third-order valence-electron chi connectivity index (χ3n) is 7.47. The van der Waals surface area contributed by atoms with Gasteiger partial charge in [-0.3, -0.25) is 5.01 Å². The predicted molar refractivity (Wildman–Crippen MR) is 149 cm³/mol. The van der Waals surface area contributed by atoms with Crippen LogP contribution in [0.5, 0.6) is 0 Å². The number of piperidine rings is 1. The number of hydrogen-bond acceptors (Lipinski definition) is 7. The molecule has 1 amide bonds. The number of ether oxygens (including phenoxy) is 1. The molecule has 8 nitrogen and oxygen atoms in total. The molecule has 2 aromatic rings. The van der Waals surface area contributed by atoms with E-state index in [2.05, 4.69) is 15.1 Å². The molecule has 1 fully saturated rings. The van der Waals surface area contributed by atoms with Crippen molar-refractivity contribution >= 4 is 18.3 Å². The lowest BCUT2D eigenvalue weighted by Crippen LogP contribution is -2.56. The van der Waals surface area contributed by atoms with Crippen LogP contribution in [0.1, 0.15) is 75.6 Å². The van der Waals surface area contributed by atoms with Gasteiger partial charge in [0, 0.05) is 62.8 Å². The molecule has 43 heavy (non-hydrogen) atoms. The van der Waals surface area contributed by atoms with Crippen LogP contribution in [-0.4, -0.2) is 69.5 Å². The number of aromatic nitrogens is 2. The molecule has 14 heteroatoms. The maximum absolute atomic E-state index is 13.6. The summed E-state index contributed by atoms with van der Waals surface area (Å²) in [5.41, 5.74) is -2.90. The van der Waals surface area contributed by atoms with Crippen molar-refractivity contribution in [2.24, 2.45) is 5.10 Å². The summed E-state index contributed by atoms with van der Waals surface area (Å²) in [5.74, 6) is 0.107. The molecule has 0 spiro atoms. The van der Waals surface area contributed by atoms with E-state index < -0.39 is 41.2 Å². The monoisotopic (exact) mass is 614 g/mol. The van der Waals surface area contributed by atoms with Gasteiger partial charge < -0.3 is 14.5 Å². The van der Waals surface area contributed by atoms with Crippen LogP contribution >= 0.6 is 0 Å². The first-order valence-electron chi connectivity index (χ1n) is 14.0. The van der Waals surface area contributed by atoms with Crippen molar-refractivity contribution in [3.63, 3.8) is 0 Å². The van der Waals surface area contributed by atoms with Gasteiger partial charge >= 0.3 is 18.4 Å². The number of anilines is 1. The molecule has 236 valence electrons. The highest BCUT2D eigenvalue weighted by Gasteiger charge is 2.41. The Balaban J connectivity index is 1.70. The predicted octanol–water partition coefficient (Wildman–Crippen LogP) is 6.71. The quantitative estimate of drug-likeness (QED) is 0.349. The van der Waals surface area contributed by atoms with Crippen LogP contribution in [0, 0.1) is 0 Å². The molecule has 0 saturated carbocycles. The van der Waals surface area contributed by atoms with Gasteiger partial charge in [-0.1, -0.05) is 0 Å². The van der Waals surface area contributed by atoms with Crippen LogP contribution in [0.4, 0.5) is 37.1 Å². The second kappa shape index (κ2) is 11.8. The molecule has 0 radical (unpaired) electrons. The van der Waals surface area contributed by atoms with E-state index in [9.17, 15) is 31.1 Å². The molecule has 0 bridgehead atoms. The summed E-state index contributed by atoms with van der Waals surface area (Å²) in [5, 5.41) is 5.97. The lowest BCUT2D eigenvalue weighted by Gasteiger charge is -2.46. The Hall–Kier alpha value is -3.58. The first kappa shape index (κ1) is 32.3. The minimum Gasteiger partial charge on any atom is -0.444 e. The van der Waals surface area contributed by atoms with E-state index in [4.69, 9.17) is 4.74 Å². The van der Waals surface area contributed by atoms with Gasteiger partial charge in [0.2, 0.25) is 5.95 Å². The molecular weight excluding hydrogens is 578 g/mol. The van der Waals surface area contributed by atoms with E-state index in [-0.39, 0.29) is 42.1 Å². The van der Waals surface area contributed by atoms with Crippen molar-refractivity contribution in [3.8, 4) is 0 Å². The van der Waals surface area contributed by atoms with Crippen molar-refractivity contribution in [2.75, 3.05) is 18.5 Å². The molecule has 2 aliphatic rings. The van der Waals surface area contributed by atoms with Crippen LogP contribution < -0.4 is 4.90 Å². The van der Waals surface area contributed by atoms with Crippen molar-refractivity contribution < 1.29 is 35.9 Å². The fraction of sp³-hybridized carbons (Fsp3) is 0.586. The molecule has 1 aromatic carbocycles. The summed E-state index contributed by atoms with van der Waals surface area (Å²) in [7, 11) is 1.82. The van der Waals surface area contributed by atoms with Crippen molar-refractivity contribution in [2.45, 2.75) is 96.0 Å². The fourth-order valence-electron chi connectivity index (χ4n) is 5.58. The van der Waals surface area contributed by atoms with Crippen LogP contribution in [0.15, 0.2) is 35.7 Å². The molecule has 0 N–H and O–H groups in total. The standard InChI is InChI=1S/C29H36F6N6O2/c1-17-7-24(8-18(2)41(17)26(42)43-27(3,4)5)40(25-36-12-20(13-37-25)21-14-38-39(6)16-21)15-19-9-22(28(30,31)32)11-23(10-19)29(33,34)35/h9-14,17-18,21,24H,7-8,15-16H2,1-6H3/t17-,18+,21?,24+. The van der Waals surface area contributed by atoms with Crippen LogP contribution in [0.25, 0.3) is 0 Å². The van der Waals surface area contributed by atoms with Gasteiger partial charge in [0.05, 0.1) is 11.1 Å². The zero-order valence-electron chi connectivity index (χ0n) is 24.9. The highest BCUT2D eigenvalue weighted by atomic mass is 19.4. The molecule has 2 aliphatic heterocycles. The van der Waals surface area contributed by atoms with Gasteiger partial charge in [0.1, 0.15) is 5.60 Å². The SMILES string of the molecule is C[C@@H]1C[C@H](N(Cc2cc(C(F)(F)F)cc(C(F)(F)F)c2)c2ncc(C3C=NN(C)C3)cn2)C[C@H](C)N1C(=O)OC(C)(C)C. The minimum absolute atomic E-state index is 0.0533. The zero-order chi connectivity index (χ0) is 31.9. The summed E-state index contributed by atoms with van der Waals surface area (Å²) >= 11 is 0. The molecule has 1 aromatic heterocycles. The number of rotatable bonds is 5. The number of hydrogen-bond donors (Lipinski definition) is 0. The second-order valence-corrected chi connectivity index (χ2v) is 12.3. The average molecular weight is 615 g/mol. The third-order valence-corrected chi connectivity index (χ3v) is 7.47. The number of likely N-dealkylation sites (N-methyl/N-ethyl adjacent to an activating group) is 1. The van der Waals surface area contributed by atoms with E-state index in [1.807, 2.05) is 20.9 Å². The van der Waals surface area contributed by atoms with Crippen molar-refractivity contribution in [1.29, 1.82) is 0 Å². The van der Waals surface area contributed by atoms with Gasteiger partial charge in [0.25, 0.3) is 0 Å². The number of alkyl halides is 6. The fourth-order valence-corrected chi connectivity index (χ4v) is 5.58. The number of benzene rings is 1. The van der Waals surface area contributed by atoms with Gasteiger partial charge in [-0.05, 0) is 76.8 Å². The number of likely N-dealkylation sites (tertiary alicyclic amines) is 1. The van der Waals surface area contributed by atoms with Crippen molar-refractivity contribution in [1.82, 2.24) is 19.9 Å². The molecule has 3 heterocycles. The normalized spacial score (nSPS) is 23.1. The van der Waals surface area contributed by atoms with Crippen molar-refractivity contribution in [3.05, 3.63) is 52.8 Å². The average Bonchev–Trinajstić information content (AvgIpc) is 3.31. The van der Waals surface area contributed by atoms with Gasteiger partial charge in [-0.15, -0.1) is 0 Å². The Morgan fingerprint density at radius 1 is 0.953 bits per heavy atom. The number of amides is 1. The first-order valence-corrected chi connectivity index (χ1v) is 14.0. The number of carbonyl (C=O) groups excluding carboxylic acids is 1. The Morgan fingerprint density at radius 2 is 1.49 bits per heavy atom. The zero-order valence-corrected chi connectivity index (χ0v) is 24.9. The highest BCUT2D eigenvalue weighted by molar-refractivity contribution is 5.70. The van der Waals surface area contributed by atoms with Crippen LogP contribution in [0.2, 0.25) is 0 Å². The van der Waals surface area contributed by atoms with E-state index >= 15 is 0 Å². The largest absolute Gasteiger partial charge is 0.444 e. The number of hydrazone groups is 1. The lowest BCUT2D eigenvalue weighted by molar-refractivity contribution is -0.143. The maximum Gasteiger partial charge on any atom is 0.416 e. The van der Waals surface area contributed by atoms with Gasteiger partial charge in [-0.25, -0.2) is 14.8 Å². The van der Waals surface area contributed by atoms with Gasteiger partial charge in [-0.2, -0.15) is 31.4 Å². The first-order chi connectivity index (χ1) is 19.8. The number of nitrogens with zero attached hydrogens (tertiary/aromatic N) is 6. The summed E-state index contributed by atoms with van der Waals surface area (Å²) in [4.78, 5) is 25.2. The Bertz CT molecular complexity index is 1280. The van der Waals surface area contributed by atoms with Crippen LogP contribution in [-0.2, 0) is 23.6 Å². The second-order valence-electron chi connectivity index (χ2n) is 12.3. The summed E-state index contributed by atoms with van der Waals surface area (Å²) in [6.07, 6.45) is -4.77. The Labute approximate surface area is 246 Å². The maximum atomic E-state index is 13.6. The summed E-state index contributed by atoms with van der Waals surface area (Å²) in [6, 6.07) is 0.472. The Kier molecular flexibility index (Phi) is 8.90. The molecular formula is C29H36F6N6O2. The molecule has 1 unspecified atom stereocenters. The van der Waals surface area contributed by atoms with E-state index in [0.717, 1.165) is 17.7 Å². The third kappa shape index (κ3) is 7.88. The lowest BCUT2D eigenvalue weighted by atomic mass is 9.91. The number of carbonyl (C=O) groups is 1. The Morgan fingerprint density at radius 3 is 1.93 bits per heavy atom. The van der Waals surface area contributed by atoms with E-state index in [0.29, 0.717) is 19.4 Å². The molecule has 4 rings (SSSR count).